The Kier molecular flexibility index (Phi) is 4.66. The molecule has 1 N–H and O–H groups in total. The maximum absolute atomic E-state index is 5.29. The Morgan fingerprint density at radius 2 is 2.28 bits per heavy atom. The molecule has 2 heteroatoms. The first kappa shape index (κ1) is 13.0. The number of hydrogen-bond acceptors (Lipinski definition) is 2. The van der Waals surface area contributed by atoms with Crippen LogP contribution in [0.3, 0.4) is 0 Å². The summed E-state index contributed by atoms with van der Waals surface area (Å²) in [6.07, 6.45) is 4.43. The summed E-state index contributed by atoms with van der Waals surface area (Å²) in [6.45, 7) is 2.88. The number of fused-ring (bicyclic) bond motifs is 1. The lowest BCUT2D eigenvalue weighted by atomic mass is 9.88. The van der Waals surface area contributed by atoms with Gasteiger partial charge < -0.3 is 10.1 Å². The van der Waals surface area contributed by atoms with Crippen molar-refractivity contribution in [2.45, 2.75) is 38.6 Å². The Morgan fingerprint density at radius 3 is 3.06 bits per heavy atom. The van der Waals surface area contributed by atoms with E-state index in [1.807, 2.05) is 6.92 Å². The van der Waals surface area contributed by atoms with E-state index >= 15 is 0 Å². The molecule has 0 spiro atoms. The zero-order valence-electron chi connectivity index (χ0n) is 11.3. The summed E-state index contributed by atoms with van der Waals surface area (Å²) >= 11 is 0. The van der Waals surface area contributed by atoms with Crippen LogP contribution in [0.5, 0.6) is 5.75 Å². The molecule has 0 bridgehead atoms. The summed E-state index contributed by atoms with van der Waals surface area (Å²) in [5.41, 5.74) is 2.90. The number of aryl methyl sites for hydroxylation is 1. The normalized spacial score (nSPS) is 17.6. The van der Waals surface area contributed by atoms with Crippen molar-refractivity contribution in [2.24, 2.45) is 0 Å². The average Bonchev–Trinajstić information content (AvgIpc) is 2.42. The topological polar surface area (TPSA) is 21.3 Å². The van der Waals surface area contributed by atoms with Gasteiger partial charge in [-0.3, -0.25) is 0 Å². The Bertz CT molecular complexity index is 456. The molecule has 1 aromatic carbocycles. The van der Waals surface area contributed by atoms with Gasteiger partial charge >= 0.3 is 0 Å². The first-order valence-corrected chi connectivity index (χ1v) is 6.62. The second kappa shape index (κ2) is 6.47. The molecular weight excluding hydrogens is 222 g/mol. The van der Waals surface area contributed by atoms with Gasteiger partial charge in [0.1, 0.15) is 5.75 Å². The lowest BCUT2D eigenvalue weighted by Gasteiger charge is -2.25. The smallest absolute Gasteiger partial charge is 0.119 e. The van der Waals surface area contributed by atoms with Crippen LogP contribution < -0.4 is 10.1 Å². The summed E-state index contributed by atoms with van der Waals surface area (Å²) in [4.78, 5) is 0. The average molecular weight is 243 g/mol. The predicted molar refractivity (Wildman–Crippen MR) is 74.9 cm³/mol. The Morgan fingerprint density at radius 1 is 1.39 bits per heavy atom. The highest BCUT2D eigenvalue weighted by molar-refractivity contribution is 5.37. The molecule has 2 nitrogen and oxygen atoms in total. The van der Waals surface area contributed by atoms with Crippen LogP contribution in [-0.2, 0) is 12.8 Å². The van der Waals surface area contributed by atoms with Crippen molar-refractivity contribution in [1.29, 1.82) is 0 Å². The maximum atomic E-state index is 5.29. The maximum Gasteiger partial charge on any atom is 0.119 e. The summed E-state index contributed by atoms with van der Waals surface area (Å²) in [5, 5.41) is 3.59. The van der Waals surface area contributed by atoms with Crippen molar-refractivity contribution < 1.29 is 4.74 Å². The number of ether oxygens (including phenoxy) is 1. The molecule has 0 heterocycles. The van der Waals surface area contributed by atoms with Crippen LogP contribution in [0.1, 0.15) is 30.9 Å². The van der Waals surface area contributed by atoms with Gasteiger partial charge in [-0.2, -0.15) is 0 Å². The monoisotopic (exact) mass is 243 g/mol. The molecule has 2 rings (SSSR count). The highest BCUT2D eigenvalue weighted by Gasteiger charge is 2.18. The van der Waals surface area contributed by atoms with Crippen molar-refractivity contribution in [3.63, 3.8) is 0 Å². The molecule has 0 saturated heterocycles. The van der Waals surface area contributed by atoms with Gasteiger partial charge in [0.2, 0.25) is 0 Å². The number of nitrogens with one attached hydrogen (secondary N) is 1. The first-order chi connectivity index (χ1) is 8.83. The minimum absolute atomic E-state index is 0.586. The van der Waals surface area contributed by atoms with E-state index in [1.54, 1.807) is 7.11 Å². The Labute approximate surface area is 110 Å². The number of hydrogen-bond donors (Lipinski definition) is 1. The fraction of sp³-hybridized carbons (Fsp3) is 0.500. The molecule has 1 unspecified atom stereocenters. The fourth-order valence-electron chi connectivity index (χ4n) is 2.50. The third-order valence-electron chi connectivity index (χ3n) is 3.50. The van der Waals surface area contributed by atoms with Gasteiger partial charge in [-0.05, 0) is 49.4 Å². The molecular formula is C16H21NO. The van der Waals surface area contributed by atoms with Crippen molar-refractivity contribution in [3.05, 3.63) is 29.3 Å². The van der Waals surface area contributed by atoms with E-state index in [-0.39, 0.29) is 0 Å². The molecule has 0 saturated carbocycles. The fourth-order valence-corrected chi connectivity index (χ4v) is 2.50. The third kappa shape index (κ3) is 3.27. The zero-order valence-corrected chi connectivity index (χ0v) is 11.3. The molecule has 0 amide bonds. The Hall–Kier alpha value is -1.46. The first-order valence-electron chi connectivity index (χ1n) is 6.62. The third-order valence-corrected chi connectivity index (χ3v) is 3.50. The second-order valence-electron chi connectivity index (χ2n) is 4.71. The number of methoxy groups -OCH3 is 1. The van der Waals surface area contributed by atoms with Gasteiger partial charge in [0, 0.05) is 19.0 Å². The highest BCUT2D eigenvalue weighted by atomic mass is 16.5. The van der Waals surface area contributed by atoms with E-state index in [0.29, 0.717) is 6.04 Å². The van der Waals surface area contributed by atoms with E-state index < -0.39 is 0 Å². The molecule has 0 radical (unpaired) electrons. The van der Waals surface area contributed by atoms with Gasteiger partial charge in [0.25, 0.3) is 0 Å². The largest absolute Gasteiger partial charge is 0.497 e. The molecule has 0 fully saturated rings. The second-order valence-corrected chi connectivity index (χ2v) is 4.71. The number of rotatable bonds is 4. The lowest BCUT2D eigenvalue weighted by Crippen LogP contribution is -2.35. The quantitative estimate of drug-likeness (QED) is 0.648. The zero-order chi connectivity index (χ0) is 12.8. The SMILES string of the molecule is CC#CCCNC1CCc2ccc(OC)cc2C1. The molecule has 1 aromatic rings. The summed E-state index contributed by atoms with van der Waals surface area (Å²) in [5.74, 6) is 6.99. The lowest BCUT2D eigenvalue weighted by molar-refractivity contribution is 0.411. The van der Waals surface area contributed by atoms with Crippen LogP contribution in [0.25, 0.3) is 0 Å². The molecule has 1 aliphatic rings. The van der Waals surface area contributed by atoms with Crippen LogP contribution in [0.4, 0.5) is 0 Å². The van der Waals surface area contributed by atoms with Crippen molar-refractivity contribution in [2.75, 3.05) is 13.7 Å². The predicted octanol–water partition coefficient (Wildman–Crippen LogP) is 2.56. The van der Waals surface area contributed by atoms with E-state index in [1.165, 1.54) is 17.5 Å². The molecule has 0 aromatic heterocycles. The molecule has 1 atom stereocenters. The van der Waals surface area contributed by atoms with Crippen LogP contribution in [0.2, 0.25) is 0 Å². The Balaban J connectivity index is 1.93. The molecule has 18 heavy (non-hydrogen) atoms. The van der Waals surface area contributed by atoms with Gasteiger partial charge in [-0.25, -0.2) is 0 Å². The summed E-state index contributed by atoms with van der Waals surface area (Å²) in [6, 6.07) is 7.02. The van der Waals surface area contributed by atoms with Crippen molar-refractivity contribution >= 4 is 0 Å². The molecule has 1 aliphatic carbocycles. The van der Waals surface area contributed by atoms with E-state index in [9.17, 15) is 0 Å². The summed E-state index contributed by atoms with van der Waals surface area (Å²) in [7, 11) is 1.73. The van der Waals surface area contributed by atoms with Crippen LogP contribution in [0, 0.1) is 11.8 Å². The van der Waals surface area contributed by atoms with Crippen molar-refractivity contribution in [1.82, 2.24) is 5.32 Å². The van der Waals surface area contributed by atoms with Gasteiger partial charge in [-0.15, -0.1) is 11.8 Å². The van der Waals surface area contributed by atoms with Crippen molar-refractivity contribution in [3.8, 4) is 17.6 Å². The molecule has 0 aliphatic heterocycles. The minimum Gasteiger partial charge on any atom is -0.497 e. The van der Waals surface area contributed by atoms with E-state index in [4.69, 9.17) is 4.74 Å². The minimum atomic E-state index is 0.586. The number of benzene rings is 1. The van der Waals surface area contributed by atoms with Crippen LogP contribution in [-0.4, -0.2) is 19.7 Å². The van der Waals surface area contributed by atoms with Crippen LogP contribution >= 0.6 is 0 Å². The van der Waals surface area contributed by atoms with Gasteiger partial charge in [0.05, 0.1) is 7.11 Å². The summed E-state index contributed by atoms with van der Waals surface area (Å²) < 4.78 is 5.29. The standard InChI is InChI=1S/C16H21NO/c1-3-4-5-10-17-15-8-6-13-7-9-16(18-2)12-14(13)11-15/h7,9,12,15,17H,5-6,8,10-11H2,1-2H3. The van der Waals surface area contributed by atoms with Crippen LogP contribution in [0.15, 0.2) is 18.2 Å². The van der Waals surface area contributed by atoms with E-state index in [2.05, 4.69) is 35.4 Å². The van der Waals surface area contributed by atoms with Gasteiger partial charge in [0.15, 0.2) is 0 Å². The van der Waals surface area contributed by atoms with E-state index in [0.717, 1.165) is 31.6 Å². The molecule has 96 valence electrons. The van der Waals surface area contributed by atoms with Gasteiger partial charge in [-0.1, -0.05) is 6.07 Å². The highest BCUT2D eigenvalue weighted by Crippen LogP contribution is 2.25.